The monoisotopic (exact) mass is 480 g/mol. The Balaban J connectivity index is 1.39. The Hall–Kier alpha value is -3.94. The van der Waals surface area contributed by atoms with E-state index in [1.807, 2.05) is 11.3 Å². The molecule has 0 radical (unpaired) electrons. The topological polar surface area (TPSA) is 0 Å². The molecule has 0 fully saturated rings. The van der Waals surface area contributed by atoms with E-state index in [0.717, 1.165) is 0 Å². The van der Waals surface area contributed by atoms with Crippen molar-refractivity contribution in [3.63, 3.8) is 0 Å². The Labute approximate surface area is 216 Å². The highest BCUT2D eigenvalue weighted by molar-refractivity contribution is 7.25. The molecule has 1 heteroatoms. The number of rotatable bonds is 4. The quantitative estimate of drug-likeness (QED) is 0.220. The summed E-state index contributed by atoms with van der Waals surface area (Å²) in [6.07, 6.45) is 4.54. The fourth-order valence-corrected chi connectivity index (χ4v) is 6.18. The summed E-state index contributed by atoms with van der Waals surface area (Å²) in [5, 5.41) is 5.28. The molecule has 0 aliphatic heterocycles. The Morgan fingerprint density at radius 3 is 2.14 bits per heavy atom. The van der Waals surface area contributed by atoms with Crippen LogP contribution in [0.4, 0.5) is 0 Å². The SMILES string of the molecule is C/C=C(\C=C(/C)c1cccc(-c2cccc(C)c2)c1)c1ccc2sc3cc4ccccc4cc3c2c1. The molecule has 36 heavy (non-hydrogen) atoms. The van der Waals surface area contributed by atoms with Crippen LogP contribution in [0.25, 0.3) is 53.2 Å². The number of thiophene rings is 1. The van der Waals surface area contributed by atoms with Crippen molar-refractivity contribution in [1.82, 2.24) is 0 Å². The minimum absolute atomic E-state index is 1.25. The molecule has 0 saturated carbocycles. The normalized spacial score (nSPS) is 12.6. The van der Waals surface area contributed by atoms with E-state index < -0.39 is 0 Å². The molecule has 0 amide bonds. The number of hydrogen-bond donors (Lipinski definition) is 0. The van der Waals surface area contributed by atoms with Gasteiger partial charge in [-0.2, -0.15) is 0 Å². The standard InChI is InChI=1S/C35H28S/c1-4-25(18-24(3)26-12-8-14-28(19-26)27-13-7-9-23(2)17-27)31-15-16-34-32(21-31)33-20-29-10-5-6-11-30(29)22-35(33)36-34/h4-22H,1-3H3/b24-18+,25-4+. The Morgan fingerprint density at radius 1 is 0.639 bits per heavy atom. The summed E-state index contributed by atoms with van der Waals surface area (Å²) in [6.45, 7) is 6.49. The second kappa shape index (κ2) is 9.26. The summed E-state index contributed by atoms with van der Waals surface area (Å²) in [7, 11) is 0. The third-order valence-electron chi connectivity index (χ3n) is 7.02. The van der Waals surface area contributed by atoms with E-state index in [-0.39, 0.29) is 0 Å². The average molecular weight is 481 g/mol. The van der Waals surface area contributed by atoms with Crippen LogP contribution < -0.4 is 0 Å². The zero-order valence-corrected chi connectivity index (χ0v) is 21.7. The van der Waals surface area contributed by atoms with Gasteiger partial charge in [0.2, 0.25) is 0 Å². The van der Waals surface area contributed by atoms with Gasteiger partial charge in [0.25, 0.3) is 0 Å². The highest BCUT2D eigenvalue weighted by atomic mass is 32.1. The highest BCUT2D eigenvalue weighted by Gasteiger charge is 2.10. The maximum Gasteiger partial charge on any atom is 0.0361 e. The Kier molecular flexibility index (Phi) is 5.79. The van der Waals surface area contributed by atoms with Crippen molar-refractivity contribution in [3.05, 3.63) is 132 Å². The van der Waals surface area contributed by atoms with Gasteiger partial charge in [-0.1, -0.05) is 90.5 Å². The smallest absolute Gasteiger partial charge is 0.0361 e. The summed E-state index contributed by atoms with van der Waals surface area (Å²) in [5.74, 6) is 0. The number of benzene rings is 5. The second-order valence-electron chi connectivity index (χ2n) is 9.53. The van der Waals surface area contributed by atoms with Gasteiger partial charge in [-0.05, 0) is 95.3 Å². The number of hydrogen-bond acceptors (Lipinski definition) is 1. The van der Waals surface area contributed by atoms with E-state index in [1.54, 1.807) is 0 Å². The molecular weight excluding hydrogens is 452 g/mol. The third kappa shape index (κ3) is 4.17. The predicted octanol–water partition coefficient (Wildman–Crippen LogP) is 10.7. The van der Waals surface area contributed by atoms with Gasteiger partial charge in [0.05, 0.1) is 0 Å². The van der Waals surface area contributed by atoms with Gasteiger partial charge in [0.15, 0.2) is 0 Å². The molecule has 0 unspecified atom stereocenters. The molecule has 5 aromatic carbocycles. The van der Waals surface area contributed by atoms with Crippen LogP contribution in [-0.4, -0.2) is 0 Å². The van der Waals surface area contributed by atoms with Crippen molar-refractivity contribution >= 4 is 53.4 Å². The Morgan fingerprint density at radius 2 is 1.36 bits per heavy atom. The van der Waals surface area contributed by atoms with Gasteiger partial charge in [0.1, 0.15) is 0 Å². The van der Waals surface area contributed by atoms with E-state index in [4.69, 9.17) is 0 Å². The van der Waals surface area contributed by atoms with Crippen LogP contribution in [0.15, 0.2) is 115 Å². The summed E-state index contributed by atoms with van der Waals surface area (Å²) in [4.78, 5) is 0. The molecule has 0 saturated heterocycles. The number of fused-ring (bicyclic) bond motifs is 4. The lowest BCUT2D eigenvalue weighted by atomic mass is 9.95. The summed E-state index contributed by atoms with van der Waals surface area (Å²) >= 11 is 1.88. The number of aryl methyl sites for hydroxylation is 1. The summed E-state index contributed by atoms with van der Waals surface area (Å²) in [5.41, 5.74) is 8.82. The van der Waals surface area contributed by atoms with E-state index in [1.165, 1.54) is 69.9 Å². The molecule has 0 N–H and O–H groups in total. The van der Waals surface area contributed by atoms with Crippen LogP contribution >= 0.6 is 11.3 Å². The zero-order chi connectivity index (χ0) is 24.6. The van der Waals surface area contributed by atoms with Crippen LogP contribution in [0.1, 0.15) is 30.5 Å². The van der Waals surface area contributed by atoms with Crippen molar-refractivity contribution in [3.8, 4) is 11.1 Å². The first-order chi connectivity index (χ1) is 17.6. The molecule has 0 aliphatic carbocycles. The van der Waals surface area contributed by atoms with Crippen molar-refractivity contribution in [2.24, 2.45) is 0 Å². The van der Waals surface area contributed by atoms with Gasteiger partial charge in [0, 0.05) is 20.2 Å². The van der Waals surface area contributed by atoms with Gasteiger partial charge < -0.3 is 0 Å². The first-order valence-corrected chi connectivity index (χ1v) is 13.3. The highest BCUT2D eigenvalue weighted by Crippen LogP contribution is 2.38. The molecule has 0 atom stereocenters. The lowest BCUT2D eigenvalue weighted by molar-refractivity contribution is 1.46. The fourth-order valence-electron chi connectivity index (χ4n) is 5.06. The molecule has 0 aliphatic rings. The van der Waals surface area contributed by atoms with Crippen molar-refractivity contribution < 1.29 is 0 Å². The molecule has 0 spiro atoms. The molecule has 0 nitrogen and oxygen atoms in total. The molecule has 1 heterocycles. The molecule has 174 valence electrons. The molecule has 1 aromatic heterocycles. The first-order valence-electron chi connectivity index (χ1n) is 12.5. The van der Waals surface area contributed by atoms with Crippen molar-refractivity contribution in [2.75, 3.05) is 0 Å². The fraction of sp³-hybridized carbons (Fsp3) is 0.0857. The summed E-state index contributed by atoms with van der Waals surface area (Å²) in [6, 6.07) is 37.8. The molecule has 6 rings (SSSR count). The van der Waals surface area contributed by atoms with E-state index in [0.29, 0.717) is 0 Å². The minimum atomic E-state index is 1.25. The predicted molar refractivity (Wildman–Crippen MR) is 161 cm³/mol. The van der Waals surface area contributed by atoms with Crippen molar-refractivity contribution in [2.45, 2.75) is 20.8 Å². The van der Waals surface area contributed by atoms with Crippen molar-refractivity contribution in [1.29, 1.82) is 0 Å². The Bertz CT molecular complexity index is 1810. The van der Waals surface area contributed by atoms with Gasteiger partial charge >= 0.3 is 0 Å². The molecule has 6 aromatic rings. The first kappa shape index (κ1) is 22.5. The summed E-state index contributed by atoms with van der Waals surface area (Å²) < 4.78 is 2.69. The average Bonchev–Trinajstić information content (AvgIpc) is 3.27. The maximum atomic E-state index is 2.37. The van der Waals surface area contributed by atoms with Crippen LogP contribution in [0.3, 0.4) is 0 Å². The zero-order valence-electron chi connectivity index (χ0n) is 20.9. The van der Waals surface area contributed by atoms with Crippen LogP contribution in [0.5, 0.6) is 0 Å². The van der Waals surface area contributed by atoms with Gasteiger partial charge in [-0.25, -0.2) is 0 Å². The second-order valence-corrected chi connectivity index (χ2v) is 10.6. The van der Waals surface area contributed by atoms with Gasteiger partial charge in [-0.3, -0.25) is 0 Å². The lowest BCUT2D eigenvalue weighted by Crippen LogP contribution is -1.86. The van der Waals surface area contributed by atoms with E-state index >= 15 is 0 Å². The largest absolute Gasteiger partial charge is 0.135 e. The minimum Gasteiger partial charge on any atom is -0.135 e. The van der Waals surface area contributed by atoms with Crippen LogP contribution in [-0.2, 0) is 0 Å². The van der Waals surface area contributed by atoms with E-state index in [9.17, 15) is 0 Å². The van der Waals surface area contributed by atoms with Gasteiger partial charge in [-0.15, -0.1) is 11.3 Å². The number of allylic oxidation sites excluding steroid dienone is 4. The van der Waals surface area contributed by atoms with Crippen LogP contribution in [0.2, 0.25) is 0 Å². The molecule has 0 bridgehead atoms. The van der Waals surface area contributed by atoms with E-state index in [2.05, 4.69) is 136 Å². The third-order valence-corrected chi connectivity index (χ3v) is 8.16. The molecular formula is C35H28S. The lowest BCUT2D eigenvalue weighted by Gasteiger charge is -2.09. The maximum absolute atomic E-state index is 2.37. The van der Waals surface area contributed by atoms with Crippen LogP contribution in [0, 0.1) is 6.92 Å².